The van der Waals surface area contributed by atoms with Gasteiger partial charge >= 0.3 is 0 Å². The first kappa shape index (κ1) is 16.0. The Balaban J connectivity index is 2.32. The Morgan fingerprint density at radius 2 is 2.10 bits per heavy atom. The van der Waals surface area contributed by atoms with Gasteiger partial charge in [0.1, 0.15) is 0 Å². The fraction of sp³-hybridized carbons (Fsp3) is 0.471. The standard InChI is InChI=1S/C17H24N2OS/c1-6-14(10-21-5)19(4)17(20)13-7-8-16-15(9-13)11(2)12(3)18-16/h7-9,14,18H,6,10H2,1-5H3. The van der Waals surface area contributed by atoms with Crippen LogP contribution >= 0.6 is 11.8 Å². The predicted molar refractivity (Wildman–Crippen MR) is 92.3 cm³/mol. The largest absolute Gasteiger partial charge is 0.358 e. The summed E-state index contributed by atoms with van der Waals surface area (Å²) in [4.78, 5) is 17.9. The number of amides is 1. The van der Waals surface area contributed by atoms with Crippen molar-refractivity contribution >= 4 is 28.6 Å². The molecule has 2 aromatic rings. The van der Waals surface area contributed by atoms with Crippen molar-refractivity contribution in [1.82, 2.24) is 9.88 Å². The summed E-state index contributed by atoms with van der Waals surface area (Å²) < 4.78 is 0. The van der Waals surface area contributed by atoms with Gasteiger partial charge in [-0.2, -0.15) is 11.8 Å². The van der Waals surface area contributed by atoms with Crippen molar-refractivity contribution in [2.75, 3.05) is 19.1 Å². The minimum atomic E-state index is 0.107. The molecule has 2 rings (SSSR count). The molecule has 0 aliphatic rings. The third-order valence-electron chi connectivity index (χ3n) is 4.25. The third-order valence-corrected chi connectivity index (χ3v) is 4.97. The van der Waals surface area contributed by atoms with E-state index in [1.165, 1.54) is 5.56 Å². The maximum atomic E-state index is 12.7. The van der Waals surface area contributed by atoms with E-state index in [-0.39, 0.29) is 11.9 Å². The molecular formula is C17H24N2OS. The van der Waals surface area contributed by atoms with Gasteiger partial charge in [-0.1, -0.05) is 6.92 Å². The second-order valence-electron chi connectivity index (χ2n) is 5.57. The van der Waals surface area contributed by atoms with Gasteiger partial charge in [-0.3, -0.25) is 4.79 Å². The van der Waals surface area contributed by atoms with E-state index in [4.69, 9.17) is 0 Å². The molecule has 1 atom stereocenters. The summed E-state index contributed by atoms with van der Waals surface area (Å²) >= 11 is 1.78. The highest BCUT2D eigenvalue weighted by atomic mass is 32.2. The van der Waals surface area contributed by atoms with E-state index in [9.17, 15) is 4.79 Å². The molecule has 0 aliphatic carbocycles. The van der Waals surface area contributed by atoms with Crippen molar-refractivity contribution in [3.05, 3.63) is 35.0 Å². The Bertz CT molecular complexity index is 648. The minimum absolute atomic E-state index is 0.107. The van der Waals surface area contributed by atoms with Gasteiger partial charge < -0.3 is 9.88 Å². The first-order valence-corrected chi connectivity index (χ1v) is 8.74. The van der Waals surface area contributed by atoms with Crippen molar-refractivity contribution < 1.29 is 4.79 Å². The van der Waals surface area contributed by atoms with E-state index in [1.54, 1.807) is 11.8 Å². The van der Waals surface area contributed by atoms with Crippen LogP contribution in [0, 0.1) is 13.8 Å². The third kappa shape index (κ3) is 3.10. The molecule has 4 heteroatoms. The average Bonchev–Trinajstić information content (AvgIpc) is 2.78. The van der Waals surface area contributed by atoms with Crippen LogP contribution in [-0.4, -0.2) is 40.9 Å². The van der Waals surface area contributed by atoms with Crippen LogP contribution < -0.4 is 0 Å². The number of aromatic amines is 1. The maximum absolute atomic E-state index is 12.7. The molecule has 0 fully saturated rings. The monoisotopic (exact) mass is 304 g/mol. The van der Waals surface area contributed by atoms with Gasteiger partial charge in [0.25, 0.3) is 5.91 Å². The van der Waals surface area contributed by atoms with Gasteiger partial charge in [0.15, 0.2) is 0 Å². The molecule has 0 aliphatic heterocycles. The second-order valence-corrected chi connectivity index (χ2v) is 6.48. The molecule has 114 valence electrons. The quantitative estimate of drug-likeness (QED) is 0.906. The predicted octanol–water partition coefficient (Wildman–Crippen LogP) is 4.00. The second kappa shape index (κ2) is 6.56. The molecule has 1 aromatic heterocycles. The van der Waals surface area contributed by atoms with Crippen molar-refractivity contribution in [2.45, 2.75) is 33.2 Å². The van der Waals surface area contributed by atoms with Crippen molar-refractivity contribution in [2.24, 2.45) is 0 Å². The van der Waals surface area contributed by atoms with Gasteiger partial charge in [-0.15, -0.1) is 0 Å². The Labute approximate surface area is 131 Å². The van der Waals surface area contributed by atoms with Gasteiger partial charge in [0.05, 0.1) is 0 Å². The topological polar surface area (TPSA) is 36.1 Å². The number of fused-ring (bicyclic) bond motifs is 1. The number of carbonyl (C=O) groups excluding carboxylic acids is 1. The molecule has 0 saturated heterocycles. The Hall–Kier alpha value is -1.42. The summed E-state index contributed by atoms with van der Waals surface area (Å²) in [5, 5.41) is 1.14. The lowest BCUT2D eigenvalue weighted by atomic mass is 10.1. The molecule has 1 heterocycles. The van der Waals surface area contributed by atoms with E-state index in [0.717, 1.165) is 34.3 Å². The van der Waals surface area contributed by atoms with Crippen LogP contribution in [0.15, 0.2) is 18.2 Å². The molecule has 1 unspecified atom stereocenters. The summed E-state index contributed by atoms with van der Waals surface area (Å²) in [6.45, 7) is 6.29. The lowest BCUT2D eigenvalue weighted by molar-refractivity contribution is 0.0744. The number of H-pyrrole nitrogens is 1. The van der Waals surface area contributed by atoms with Gasteiger partial charge in [0, 0.05) is 41.0 Å². The normalized spacial score (nSPS) is 12.6. The highest BCUT2D eigenvalue weighted by Crippen LogP contribution is 2.23. The fourth-order valence-corrected chi connectivity index (χ4v) is 3.50. The molecule has 3 nitrogen and oxygen atoms in total. The number of hydrogen-bond acceptors (Lipinski definition) is 2. The van der Waals surface area contributed by atoms with E-state index >= 15 is 0 Å². The average molecular weight is 304 g/mol. The van der Waals surface area contributed by atoms with Crippen LogP contribution in [0.3, 0.4) is 0 Å². The highest BCUT2D eigenvalue weighted by molar-refractivity contribution is 7.98. The van der Waals surface area contributed by atoms with E-state index in [1.807, 2.05) is 30.1 Å². The van der Waals surface area contributed by atoms with Crippen LogP contribution in [0.1, 0.15) is 35.0 Å². The molecular weight excluding hydrogens is 280 g/mol. The molecule has 21 heavy (non-hydrogen) atoms. The summed E-state index contributed by atoms with van der Waals surface area (Å²) in [5.74, 6) is 1.08. The van der Waals surface area contributed by atoms with Gasteiger partial charge in [-0.25, -0.2) is 0 Å². The molecule has 0 spiro atoms. The van der Waals surface area contributed by atoms with Crippen LogP contribution in [-0.2, 0) is 0 Å². The minimum Gasteiger partial charge on any atom is -0.358 e. The summed E-state index contributed by atoms with van der Waals surface area (Å²) in [6.07, 6.45) is 3.06. The van der Waals surface area contributed by atoms with Crippen LogP contribution in [0.25, 0.3) is 10.9 Å². The SMILES string of the molecule is CCC(CSC)N(C)C(=O)c1ccc2[nH]c(C)c(C)c2c1. The van der Waals surface area contributed by atoms with E-state index < -0.39 is 0 Å². The lowest BCUT2D eigenvalue weighted by Crippen LogP contribution is -2.38. The number of hydrogen-bond donors (Lipinski definition) is 1. The van der Waals surface area contributed by atoms with Crippen LogP contribution in [0.4, 0.5) is 0 Å². The van der Waals surface area contributed by atoms with E-state index in [2.05, 4.69) is 32.0 Å². The number of benzene rings is 1. The Morgan fingerprint density at radius 1 is 1.38 bits per heavy atom. The summed E-state index contributed by atoms with van der Waals surface area (Å²) in [7, 11) is 1.91. The highest BCUT2D eigenvalue weighted by Gasteiger charge is 2.20. The number of aromatic nitrogens is 1. The fourth-order valence-electron chi connectivity index (χ4n) is 2.66. The number of nitrogens with one attached hydrogen (secondary N) is 1. The van der Waals surface area contributed by atoms with E-state index in [0.29, 0.717) is 0 Å². The van der Waals surface area contributed by atoms with Gasteiger partial charge in [-0.05, 0) is 50.3 Å². The number of rotatable bonds is 5. The zero-order valence-electron chi connectivity index (χ0n) is 13.5. The smallest absolute Gasteiger partial charge is 0.253 e. The molecule has 1 aromatic carbocycles. The Morgan fingerprint density at radius 3 is 2.71 bits per heavy atom. The summed E-state index contributed by atoms with van der Waals surface area (Å²) in [6, 6.07) is 6.23. The molecule has 0 saturated carbocycles. The van der Waals surface area contributed by atoms with Crippen molar-refractivity contribution in [1.29, 1.82) is 0 Å². The van der Waals surface area contributed by atoms with Crippen molar-refractivity contribution in [3.8, 4) is 0 Å². The molecule has 0 bridgehead atoms. The van der Waals surface area contributed by atoms with Gasteiger partial charge in [0.2, 0.25) is 0 Å². The first-order valence-electron chi connectivity index (χ1n) is 7.34. The molecule has 1 amide bonds. The number of thioether (sulfide) groups is 1. The molecule has 0 radical (unpaired) electrons. The lowest BCUT2D eigenvalue weighted by Gasteiger charge is -2.27. The first-order chi connectivity index (χ1) is 9.99. The van der Waals surface area contributed by atoms with Crippen molar-refractivity contribution in [3.63, 3.8) is 0 Å². The number of nitrogens with zero attached hydrogens (tertiary/aromatic N) is 1. The number of carbonyl (C=O) groups is 1. The number of aryl methyl sites for hydroxylation is 2. The Kier molecular flexibility index (Phi) is 4.99. The maximum Gasteiger partial charge on any atom is 0.253 e. The zero-order valence-corrected chi connectivity index (χ0v) is 14.3. The summed E-state index contributed by atoms with van der Waals surface area (Å²) in [5.41, 5.74) is 4.25. The molecule has 1 N–H and O–H groups in total. The zero-order chi connectivity index (χ0) is 15.6. The van der Waals surface area contributed by atoms with Crippen LogP contribution in [0.5, 0.6) is 0 Å². The van der Waals surface area contributed by atoms with Crippen LogP contribution in [0.2, 0.25) is 0 Å².